The monoisotopic (exact) mass is 382 g/mol. The van der Waals surface area contributed by atoms with Crippen molar-refractivity contribution in [3.63, 3.8) is 0 Å². The first-order chi connectivity index (χ1) is 12.5. The summed E-state index contributed by atoms with van der Waals surface area (Å²) in [7, 11) is 1.44. The van der Waals surface area contributed by atoms with Crippen LogP contribution in [-0.2, 0) is 16.5 Å². The molecule has 6 nitrogen and oxygen atoms in total. The van der Waals surface area contributed by atoms with Gasteiger partial charge in [-0.2, -0.15) is 13.2 Å². The number of ether oxygens (including phenoxy) is 1. The van der Waals surface area contributed by atoms with Gasteiger partial charge in [0.05, 0.1) is 24.6 Å². The van der Waals surface area contributed by atoms with E-state index < -0.39 is 35.6 Å². The number of nitrogens with zero attached hydrogens (tertiary/aromatic N) is 1. The van der Waals surface area contributed by atoms with Crippen molar-refractivity contribution in [1.82, 2.24) is 10.3 Å². The molecule has 0 bridgehead atoms. The number of alkyl halides is 3. The lowest BCUT2D eigenvalue weighted by molar-refractivity contribution is -0.139. The lowest BCUT2D eigenvalue weighted by Crippen LogP contribution is -2.45. The van der Waals surface area contributed by atoms with E-state index in [2.05, 4.69) is 10.3 Å². The van der Waals surface area contributed by atoms with E-state index >= 15 is 0 Å². The van der Waals surface area contributed by atoms with Crippen molar-refractivity contribution >= 4 is 11.9 Å². The fourth-order valence-electron chi connectivity index (χ4n) is 2.50. The number of halogens is 3. The van der Waals surface area contributed by atoms with Crippen LogP contribution in [0.25, 0.3) is 0 Å². The molecule has 1 aromatic carbocycles. The number of carbonyl (C=O) groups excluding carboxylic acids is 1. The van der Waals surface area contributed by atoms with E-state index in [4.69, 9.17) is 4.74 Å². The van der Waals surface area contributed by atoms with E-state index in [0.29, 0.717) is 17.5 Å². The summed E-state index contributed by atoms with van der Waals surface area (Å²) in [5, 5.41) is 11.8. The molecule has 0 aliphatic carbocycles. The number of benzene rings is 1. The standard InChI is InChI=1S/C18H17F3N2O4/c1-17(9-15(24)25,11-4-3-5-13(8-11)27-2)23-16(26)14-7-6-12(10-22-14)18(19,20)21/h3-8,10H,9H2,1-2H3,(H,23,26)(H,24,25). The highest BCUT2D eigenvalue weighted by molar-refractivity contribution is 5.93. The van der Waals surface area contributed by atoms with Gasteiger partial charge in [0, 0.05) is 6.20 Å². The molecule has 2 aromatic rings. The Hall–Kier alpha value is -3.10. The van der Waals surface area contributed by atoms with Crippen LogP contribution in [0.4, 0.5) is 13.2 Å². The number of hydrogen-bond acceptors (Lipinski definition) is 4. The van der Waals surface area contributed by atoms with E-state index in [9.17, 15) is 27.9 Å². The first-order valence-electron chi connectivity index (χ1n) is 7.77. The third-order valence-electron chi connectivity index (χ3n) is 3.92. The number of pyridine rings is 1. The molecule has 1 heterocycles. The molecular formula is C18H17F3N2O4. The maximum absolute atomic E-state index is 12.6. The summed E-state index contributed by atoms with van der Waals surface area (Å²) in [5.74, 6) is -1.50. The Labute approximate surface area is 153 Å². The lowest BCUT2D eigenvalue weighted by atomic mass is 9.88. The predicted octanol–water partition coefficient (Wildman–Crippen LogP) is 3.23. The first-order valence-corrected chi connectivity index (χ1v) is 7.77. The minimum Gasteiger partial charge on any atom is -0.497 e. The lowest BCUT2D eigenvalue weighted by Gasteiger charge is -2.30. The third-order valence-corrected chi connectivity index (χ3v) is 3.92. The fraction of sp³-hybridized carbons (Fsp3) is 0.278. The van der Waals surface area contributed by atoms with Gasteiger partial charge in [-0.3, -0.25) is 14.6 Å². The van der Waals surface area contributed by atoms with Gasteiger partial charge < -0.3 is 15.2 Å². The van der Waals surface area contributed by atoms with Gasteiger partial charge in [-0.05, 0) is 36.8 Å². The minimum atomic E-state index is -4.57. The number of nitrogens with one attached hydrogen (secondary N) is 1. The van der Waals surface area contributed by atoms with Crippen molar-refractivity contribution in [2.75, 3.05) is 7.11 Å². The molecule has 9 heteroatoms. The maximum atomic E-state index is 12.6. The molecule has 1 aromatic heterocycles. The van der Waals surface area contributed by atoms with Crippen molar-refractivity contribution in [3.8, 4) is 5.75 Å². The molecule has 1 amide bonds. The van der Waals surface area contributed by atoms with Crippen LogP contribution in [-0.4, -0.2) is 29.1 Å². The summed E-state index contributed by atoms with van der Waals surface area (Å²) >= 11 is 0. The number of aliphatic carboxylic acids is 1. The van der Waals surface area contributed by atoms with E-state index in [1.807, 2.05) is 0 Å². The molecule has 27 heavy (non-hydrogen) atoms. The largest absolute Gasteiger partial charge is 0.497 e. The van der Waals surface area contributed by atoms with E-state index in [0.717, 1.165) is 12.1 Å². The van der Waals surface area contributed by atoms with Crippen molar-refractivity contribution in [2.45, 2.75) is 25.1 Å². The second kappa shape index (κ2) is 7.65. The molecule has 0 fully saturated rings. The van der Waals surface area contributed by atoms with Gasteiger partial charge in [0.1, 0.15) is 11.4 Å². The predicted molar refractivity (Wildman–Crippen MR) is 89.3 cm³/mol. The maximum Gasteiger partial charge on any atom is 0.417 e. The number of rotatable bonds is 6. The Morgan fingerprint density at radius 3 is 2.41 bits per heavy atom. The second-order valence-electron chi connectivity index (χ2n) is 6.02. The van der Waals surface area contributed by atoms with Crippen molar-refractivity contribution < 1.29 is 32.6 Å². The molecule has 0 spiro atoms. The van der Waals surface area contributed by atoms with Crippen LogP contribution in [0, 0.1) is 0 Å². The molecule has 0 radical (unpaired) electrons. The topological polar surface area (TPSA) is 88.5 Å². The summed E-state index contributed by atoms with van der Waals surface area (Å²) in [6, 6.07) is 8.16. The molecule has 144 valence electrons. The third kappa shape index (κ3) is 4.96. The van der Waals surface area contributed by atoms with Gasteiger partial charge in [0.2, 0.25) is 0 Å². The van der Waals surface area contributed by atoms with Crippen LogP contribution in [0.1, 0.15) is 35.0 Å². The number of aromatic nitrogens is 1. The zero-order chi connectivity index (χ0) is 20.2. The van der Waals surface area contributed by atoms with Crippen LogP contribution < -0.4 is 10.1 Å². The highest BCUT2D eigenvalue weighted by atomic mass is 19.4. The normalized spacial score (nSPS) is 13.5. The zero-order valence-electron chi connectivity index (χ0n) is 14.5. The Morgan fingerprint density at radius 2 is 1.89 bits per heavy atom. The van der Waals surface area contributed by atoms with Gasteiger partial charge in [0.25, 0.3) is 5.91 Å². The average molecular weight is 382 g/mol. The Balaban J connectivity index is 2.32. The summed E-state index contributed by atoms with van der Waals surface area (Å²) < 4.78 is 42.9. The first kappa shape index (κ1) is 20.2. The van der Waals surface area contributed by atoms with Crippen LogP contribution in [0.5, 0.6) is 5.75 Å². The van der Waals surface area contributed by atoms with Crippen LogP contribution in [0.2, 0.25) is 0 Å². The number of hydrogen-bond donors (Lipinski definition) is 2. The number of carbonyl (C=O) groups is 2. The Bertz CT molecular complexity index is 837. The van der Waals surface area contributed by atoms with Crippen molar-refractivity contribution in [3.05, 3.63) is 59.4 Å². The molecule has 2 rings (SSSR count). The van der Waals surface area contributed by atoms with E-state index in [-0.39, 0.29) is 5.69 Å². The molecule has 0 aliphatic heterocycles. The van der Waals surface area contributed by atoms with E-state index in [1.54, 1.807) is 24.3 Å². The van der Waals surface area contributed by atoms with Crippen molar-refractivity contribution in [2.24, 2.45) is 0 Å². The molecule has 1 atom stereocenters. The molecular weight excluding hydrogens is 365 g/mol. The van der Waals surface area contributed by atoms with E-state index in [1.165, 1.54) is 14.0 Å². The Kier molecular flexibility index (Phi) is 5.72. The number of carboxylic acids is 1. The van der Waals surface area contributed by atoms with Crippen LogP contribution in [0.15, 0.2) is 42.6 Å². The summed E-state index contributed by atoms with van der Waals surface area (Å²) in [5.41, 5.74) is -2.12. The molecule has 0 saturated heterocycles. The summed E-state index contributed by atoms with van der Waals surface area (Å²) in [6.45, 7) is 1.50. The summed E-state index contributed by atoms with van der Waals surface area (Å²) in [6.07, 6.45) is -4.47. The Morgan fingerprint density at radius 1 is 1.19 bits per heavy atom. The van der Waals surface area contributed by atoms with Crippen molar-refractivity contribution in [1.29, 1.82) is 0 Å². The molecule has 2 N–H and O–H groups in total. The quantitative estimate of drug-likeness (QED) is 0.801. The van der Waals surface area contributed by atoms with Gasteiger partial charge >= 0.3 is 12.1 Å². The van der Waals surface area contributed by atoms with Gasteiger partial charge in [-0.1, -0.05) is 12.1 Å². The molecule has 0 aliphatic rings. The summed E-state index contributed by atoms with van der Waals surface area (Å²) in [4.78, 5) is 27.3. The zero-order valence-corrected chi connectivity index (χ0v) is 14.5. The highest BCUT2D eigenvalue weighted by Gasteiger charge is 2.34. The highest BCUT2D eigenvalue weighted by Crippen LogP contribution is 2.30. The van der Waals surface area contributed by atoms with Crippen LogP contribution in [0.3, 0.4) is 0 Å². The second-order valence-corrected chi connectivity index (χ2v) is 6.02. The smallest absolute Gasteiger partial charge is 0.417 e. The average Bonchev–Trinajstić information content (AvgIpc) is 2.60. The van der Waals surface area contributed by atoms with Gasteiger partial charge in [0.15, 0.2) is 0 Å². The number of carboxylic acid groups (broad SMARTS) is 1. The van der Waals surface area contributed by atoms with Crippen LogP contribution >= 0.6 is 0 Å². The number of methoxy groups -OCH3 is 1. The SMILES string of the molecule is COc1cccc(C(C)(CC(=O)O)NC(=O)c2ccc(C(F)(F)F)cn2)c1. The number of amides is 1. The van der Waals surface area contributed by atoms with Gasteiger partial charge in [-0.25, -0.2) is 0 Å². The minimum absolute atomic E-state index is 0.262. The molecule has 0 saturated carbocycles. The molecule has 1 unspecified atom stereocenters. The van der Waals surface area contributed by atoms with Gasteiger partial charge in [-0.15, -0.1) is 0 Å². The fourth-order valence-corrected chi connectivity index (χ4v) is 2.50.